The van der Waals surface area contributed by atoms with Gasteiger partial charge in [-0.15, -0.1) is 0 Å². The van der Waals surface area contributed by atoms with Gasteiger partial charge in [-0.3, -0.25) is 4.79 Å². The highest BCUT2D eigenvalue weighted by atomic mass is 16.1. The molecule has 1 aliphatic carbocycles. The van der Waals surface area contributed by atoms with E-state index < -0.39 is 0 Å². The van der Waals surface area contributed by atoms with Gasteiger partial charge in [0.25, 0.3) is 0 Å². The number of hydrogen-bond acceptors (Lipinski definition) is 1. The van der Waals surface area contributed by atoms with Crippen LogP contribution in [0.5, 0.6) is 0 Å². The topological polar surface area (TPSA) is 33.5 Å². The Labute approximate surface area is 108 Å². The van der Waals surface area contributed by atoms with E-state index >= 15 is 0 Å². The van der Waals surface area contributed by atoms with Crippen LogP contribution in [0.1, 0.15) is 38.5 Å². The van der Waals surface area contributed by atoms with E-state index in [1.165, 1.54) is 32.1 Å². The van der Waals surface area contributed by atoms with E-state index in [-0.39, 0.29) is 5.91 Å². The molecule has 1 saturated carbocycles. The maximum absolute atomic E-state index is 11.9. The molecule has 2 rings (SSSR count). The van der Waals surface area contributed by atoms with Crippen molar-refractivity contribution in [3.05, 3.63) is 35.7 Å². The molecule has 0 aromatic heterocycles. The number of rotatable bonds is 3. The molecule has 1 N–H and O–H groups in total. The number of nitrogens with zero attached hydrogens (tertiary/aromatic N) is 1. The lowest BCUT2D eigenvalue weighted by Crippen LogP contribution is -2.18. The van der Waals surface area contributed by atoms with Crippen LogP contribution in [0.15, 0.2) is 24.3 Å². The van der Waals surface area contributed by atoms with Crippen molar-refractivity contribution in [3.63, 3.8) is 0 Å². The van der Waals surface area contributed by atoms with E-state index in [0.29, 0.717) is 18.0 Å². The van der Waals surface area contributed by atoms with Gasteiger partial charge in [0, 0.05) is 12.1 Å². The van der Waals surface area contributed by atoms with Gasteiger partial charge in [-0.2, -0.15) is 0 Å². The van der Waals surface area contributed by atoms with Crippen molar-refractivity contribution in [1.82, 2.24) is 0 Å². The minimum Gasteiger partial charge on any atom is -0.326 e. The van der Waals surface area contributed by atoms with Crippen LogP contribution in [0.25, 0.3) is 4.85 Å². The molecule has 0 bridgehead atoms. The molecule has 1 fully saturated rings. The van der Waals surface area contributed by atoms with Gasteiger partial charge in [0.15, 0.2) is 5.69 Å². The predicted molar refractivity (Wildman–Crippen MR) is 72.5 cm³/mol. The zero-order chi connectivity index (χ0) is 12.8. The summed E-state index contributed by atoms with van der Waals surface area (Å²) in [5.74, 6) is 0.652. The molecule has 1 aliphatic rings. The third-order valence-corrected chi connectivity index (χ3v) is 3.48. The molecular weight excluding hydrogens is 224 g/mol. The third kappa shape index (κ3) is 3.59. The molecule has 0 heterocycles. The maximum Gasteiger partial charge on any atom is 0.224 e. The van der Waals surface area contributed by atoms with Gasteiger partial charge in [-0.25, -0.2) is 4.85 Å². The lowest BCUT2D eigenvalue weighted by atomic mass is 9.87. The lowest BCUT2D eigenvalue weighted by Gasteiger charge is -2.20. The first-order valence-corrected chi connectivity index (χ1v) is 6.55. The van der Waals surface area contributed by atoms with Gasteiger partial charge in [0.05, 0.1) is 6.57 Å². The molecule has 1 aromatic rings. The Balaban J connectivity index is 1.84. The first kappa shape index (κ1) is 12.6. The van der Waals surface area contributed by atoms with Crippen molar-refractivity contribution in [2.24, 2.45) is 5.92 Å². The van der Waals surface area contributed by atoms with Crippen LogP contribution in [0.3, 0.4) is 0 Å². The van der Waals surface area contributed by atoms with Gasteiger partial charge in [-0.1, -0.05) is 31.4 Å². The average Bonchev–Trinajstić information content (AvgIpc) is 2.40. The largest absolute Gasteiger partial charge is 0.326 e. The molecule has 18 heavy (non-hydrogen) atoms. The minimum atomic E-state index is 0.0949. The second kappa shape index (κ2) is 6.20. The van der Waals surface area contributed by atoms with E-state index in [2.05, 4.69) is 10.2 Å². The Morgan fingerprint density at radius 2 is 1.89 bits per heavy atom. The van der Waals surface area contributed by atoms with Crippen LogP contribution in [-0.2, 0) is 4.79 Å². The van der Waals surface area contributed by atoms with Crippen LogP contribution in [0, 0.1) is 12.5 Å². The summed E-state index contributed by atoms with van der Waals surface area (Å²) in [6, 6.07) is 7.02. The zero-order valence-electron chi connectivity index (χ0n) is 10.5. The van der Waals surface area contributed by atoms with Gasteiger partial charge < -0.3 is 5.32 Å². The predicted octanol–water partition coefficient (Wildman–Crippen LogP) is 4.15. The van der Waals surface area contributed by atoms with Gasteiger partial charge >= 0.3 is 0 Å². The van der Waals surface area contributed by atoms with Crippen molar-refractivity contribution >= 4 is 17.3 Å². The molecule has 3 heteroatoms. The summed E-state index contributed by atoms with van der Waals surface area (Å²) in [5, 5.41) is 2.90. The Bertz CT molecular complexity index is 439. The number of amides is 1. The van der Waals surface area contributed by atoms with E-state index in [9.17, 15) is 4.79 Å². The maximum atomic E-state index is 11.9. The molecular formula is C15H18N2O. The molecule has 0 saturated heterocycles. The van der Waals surface area contributed by atoms with Gasteiger partial charge in [0.2, 0.25) is 5.91 Å². The monoisotopic (exact) mass is 242 g/mol. The first-order chi connectivity index (χ1) is 8.78. The van der Waals surface area contributed by atoms with E-state index in [1.807, 2.05) is 0 Å². The van der Waals surface area contributed by atoms with Crippen molar-refractivity contribution in [3.8, 4) is 0 Å². The van der Waals surface area contributed by atoms with Gasteiger partial charge in [0.1, 0.15) is 0 Å². The Kier molecular flexibility index (Phi) is 4.35. The molecule has 3 nitrogen and oxygen atoms in total. The zero-order valence-corrected chi connectivity index (χ0v) is 10.5. The molecule has 0 spiro atoms. The normalized spacial score (nSPS) is 15.9. The van der Waals surface area contributed by atoms with Crippen LogP contribution >= 0.6 is 0 Å². The summed E-state index contributed by atoms with van der Waals surface area (Å²) in [5.41, 5.74) is 1.38. The van der Waals surface area contributed by atoms with Crippen molar-refractivity contribution in [1.29, 1.82) is 0 Å². The number of anilines is 1. The van der Waals surface area contributed by atoms with Gasteiger partial charge in [-0.05, 0) is 30.9 Å². The summed E-state index contributed by atoms with van der Waals surface area (Å²) in [6.45, 7) is 6.86. The lowest BCUT2D eigenvalue weighted by molar-refractivity contribution is -0.117. The Hall–Kier alpha value is -1.82. The molecule has 0 radical (unpaired) electrons. The quantitative estimate of drug-likeness (QED) is 0.794. The summed E-state index contributed by atoms with van der Waals surface area (Å²) >= 11 is 0. The fraction of sp³-hybridized carbons (Fsp3) is 0.467. The molecule has 0 unspecified atom stereocenters. The third-order valence-electron chi connectivity index (χ3n) is 3.48. The molecule has 0 atom stereocenters. The highest BCUT2D eigenvalue weighted by Gasteiger charge is 2.16. The standard InChI is InChI=1S/C15H18N2O/c1-16-13-7-9-14(10-8-13)17-15(18)11-12-5-3-2-4-6-12/h7-10,12H,2-6,11H2,(H,17,18). The molecule has 94 valence electrons. The average molecular weight is 242 g/mol. The highest BCUT2D eigenvalue weighted by molar-refractivity contribution is 5.91. The fourth-order valence-corrected chi connectivity index (χ4v) is 2.48. The van der Waals surface area contributed by atoms with Crippen LogP contribution < -0.4 is 5.32 Å². The molecule has 1 aromatic carbocycles. The summed E-state index contributed by atoms with van der Waals surface area (Å²) in [7, 11) is 0. The summed E-state index contributed by atoms with van der Waals surface area (Å²) < 4.78 is 0. The summed E-state index contributed by atoms with van der Waals surface area (Å²) in [4.78, 5) is 15.2. The van der Waals surface area contributed by atoms with Crippen LogP contribution in [0.2, 0.25) is 0 Å². The van der Waals surface area contributed by atoms with Crippen molar-refractivity contribution in [2.75, 3.05) is 5.32 Å². The number of hydrogen-bond donors (Lipinski definition) is 1. The van der Waals surface area contributed by atoms with E-state index in [0.717, 1.165) is 5.69 Å². The molecule has 1 amide bonds. The smallest absolute Gasteiger partial charge is 0.224 e. The number of benzene rings is 1. The minimum absolute atomic E-state index is 0.0949. The van der Waals surface area contributed by atoms with Crippen LogP contribution in [0.4, 0.5) is 11.4 Å². The highest BCUT2D eigenvalue weighted by Crippen LogP contribution is 2.26. The van der Waals surface area contributed by atoms with E-state index in [4.69, 9.17) is 6.57 Å². The SMILES string of the molecule is [C-]#[N+]c1ccc(NC(=O)CC2CCCCC2)cc1. The Morgan fingerprint density at radius 3 is 2.50 bits per heavy atom. The first-order valence-electron chi connectivity index (χ1n) is 6.55. The van der Waals surface area contributed by atoms with Crippen molar-refractivity contribution in [2.45, 2.75) is 38.5 Å². The Morgan fingerprint density at radius 1 is 1.22 bits per heavy atom. The fourth-order valence-electron chi connectivity index (χ4n) is 2.48. The number of carbonyl (C=O) groups excluding carboxylic acids is 1. The summed E-state index contributed by atoms with van der Waals surface area (Å²) in [6.07, 6.45) is 6.84. The van der Waals surface area contributed by atoms with Crippen molar-refractivity contribution < 1.29 is 4.79 Å². The van der Waals surface area contributed by atoms with E-state index in [1.54, 1.807) is 24.3 Å². The molecule has 0 aliphatic heterocycles. The second-order valence-electron chi connectivity index (χ2n) is 4.92. The second-order valence-corrected chi connectivity index (χ2v) is 4.92. The number of nitrogens with one attached hydrogen (secondary N) is 1. The van der Waals surface area contributed by atoms with Crippen LogP contribution in [-0.4, -0.2) is 5.91 Å². The number of carbonyl (C=O) groups is 1.